The zero-order valence-corrected chi connectivity index (χ0v) is 25.2. The Kier molecular flexibility index (Phi) is 10.6. The van der Waals surface area contributed by atoms with Gasteiger partial charge < -0.3 is 24.2 Å². The van der Waals surface area contributed by atoms with Crippen LogP contribution >= 0.6 is 0 Å². The van der Waals surface area contributed by atoms with Crippen molar-refractivity contribution in [3.05, 3.63) is 89.5 Å². The maximum absolute atomic E-state index is 13.0. The summed E-state index contributed by atoms with van der Waals surface area (Å²) >= 11 is 0. The van der Waals surface area contributed by atoms with Gasteiger partial charge in [-0.25, -0.2) is 9.59 Å². The number of hydrogen-bond acceptors (Lipinski definition) is 6. The number of ether oxygens (including phenoxy) is 3. The maximum Gasteiger partial charge on any atom is 0.410 e. The quantitative estimate of drug-likeness (QED) is 0.255. The molecule has 1 saturated carbocycles. The van der Waals surface area contributed by atoms with Crippen LogP contribution in [0.4, 0.5) is 4.79 Å². The highest BCUT2D eigenvalue weighted by atomic mass is 16.6. The van der Waals surface area contributed by atoms with Crippen molar-refractivity contribution >= 4 is 12.1 Å². The lowest BCUT2D eigenvalue weighted by atomic mass is 9.97. The number of hydrogen-bond donors (Lipinski definition) is 1. The highest BCUT2D eigenvalue weighted by Gasteiger charge is 2.25. The van der Waals surface area contributed by atoms with E-state index in [0.29, 0.717) is 24.3 Å². The van der Waals surface area contributed by atoms with Gasteiger partial charge in [0.05, 0.1) is 25.9 Å². The average molecular weight is 574 g/mol. The Labute approximate surface area is 249 Å². The molecule has 42 heavy (non-hydrogen) atoms. The van der Waals surface area contributed by atoms with Crippen molar-refractivity contribution in [3.8, 4) is 16.9 Å². The number of carbonyl (C=O) groups is 2. The number of aliphatic hydroxyl groups excluding tert-OH is 1. The van der Waals surface area contributed by atoms with Gasteiger partial charge in [-0.2, -0.15) is 0 Å². The van der Waals surface area contributed by atoms with Crippen LogP contribution in [0.25, 0.3) is 11.1 Å². The van der Waals surface area contributed by atoms with E-state index in [2.05, 4.69) is 0 Å². The van der Waals surface area contributed by atoms with E-state index < -0.39 is 23.8 Å². The van der Waals surface area contributed by atoms with Gasteiger partial charge in [-0.05, 0) is 87.3 Å². The zero-order chi connectivity index (χ0) is 30.1. The second-order valence-electron chi connectivity index (χ2n) is 11.9. The maximum atomic E-state index is 13.0. The molecule has 3 aromatic rings. The normalized spacial score (nSPS) is 14.6. The van der Waals surface area contributed by atoms with Crippen LogP contribution in [0.3, 0.4) is 0 Å². The first kappa shape index (κ1) is 31.1. The Balaban J connectivity index is 1.47. The topological polar surface area (TPSA) is 85.3 Å². The van der Waals surface area contributed by atoms with Crippen molar-refractivity contribution in [1.82, 2.24) is 4.90 Å². The number of amides is 1. The molecule has 224 valence electrons. The van der Waals surface area contributed by atoms with Crippen LogP contribution in [0.5, 0.6) is 5.75 Å². The molecule has 0 unspecified atom stereocenters. The molecule has 1 amide bonds. The summed E-state index contributed by atoms with van der Waals surface area (Å²) in [5, 5.41) is 10.8. The molecule has 0 aliphatic heterocycles. The molecule has 0 aromatic heterocycles. The summed E-state index contributed by atoms with van der Waals surface area (Å²) in [6, 6.07) is 23.0. The van der Waals surface area contributed by atoms with Crippen LogP contribution in [-0.4, -0.2) is 54.0 Å². The van der Waals surface area contributed by atoms with Crippen molar-refractivity contribution in [2.75, 3.05) is 20.2 Å². The molecule has 3 aromatic carbocycles. The van der Waals surface area contributed by atoms with E-state index in [-0.39, 0.29) is 12.6 Å². The summed E-state index contributed by atoms with van der Waals surface area (Å²) in [5.41, 5.74) is 3.53. The van der Waals surface area contributed by atoms with Gasteiger partial charge >= 0.3 is 12.1 Å². The first-order chi connectivity index (χ1) is 20.1. The minimum atomic E-state index is -0.820. The Hall–Kier alpha value is -3.84. The number of carbonyl (C=O) groups excluding carboxylic acids is 2. The number of nitrogens with zero attached hydrogens (tertiary/aromatic N) is 1. The Bertz CT molecular complexity index is 1310. The third-order valence-electron chi connectivity index (χ3n) is 7.42. The molecule has 1 N–H and O–H groups in total. The van der Waals surface area contributed by atoms with Gasteiger partial charge in [0.1, 0.15) is 16.9 Å². The van der Waals surface area contributed by atoms with Gasteiger partial charge in [0.25, 0.3) is 0 Å². The molecule has 7 heteroatoms. The first-order valence-electron chi connectivity index (χ1n) is 14.8. The van der Waals surface area contributed by atoms with Crippen LogP contribution in [0.2, 0.25) is 0 Å². The second-order valence-corrected chi connectivity index (χ2v) is 11.9. The summed E-state index contributed by atoms with van der Waals surface area (Å²) in [5.74, 6) is 0.148. The molecule has 0 bridgehead atoms. The van der Waals surface area contributed by atoms with E-state index in [1.165, 1.54) is 13.5 Å². The molecule has 7 nitrogen and oxygen atoms in total. The van der Waals surface area contributed by atoms with E-state index in [1.54, 1.807) is 11.0 Å². The minimum Gasteiger partial charge on any atom is -0.490 e. The highest BCUT2D eigenvalue weighted by molar-refractivity contribution is 5.93. The van der Waals surface area contributed by atoms with Crippen LogP contribution in [0, 0.1) is 0 Å². The van der Waals surface area contributed by atoms with E-state index in [0.717, 1.165) is 47.9 Å². The van der Waals surface area contributed by atoms with E-state index in [4.69, 9.17) is 14.2 Å². The summed E-state index contributed by atoms with van der Waals surface area (Å²) in [6.07, 6.45) is 4.89. The fraction of sp³-hybridized carbons (Fsp3) is 0.429. The van der Waals surface area contributed by atoms with Crippen LogP contribution in [0.15, 0.2) is 72.8 Å². The van der Waals surface area contributed by atoms with Gasteiger partial charge in [-0.3, -0.25) is 0 Å². The molecule has 0 saturated heterocycles. The van der Waals surface area contributed by atoms with Crippen LogP contribution in [-0.2, 0) is 15.9 Å². The SMILES string of the molecule is COC(=O)c1ccc(-c2ccc(CCN(C[C@H](O)c3ccccc3)C(=O)OC(C)(C)C)cc2)cc1OC1CCCCC1. The Morgan fingerprint density at radius 3 is 2.24 bits per heavy atom. The van der Waals surface area contributed by atoms with Crippen LogP contribution < -0.4 is 4.74 Å². The number of aliphatic hydroxyl groups is 1. The molecular formula is C35H43NO6. The molecule has 1 fully saturated rings. The molecule has 1 atom stereocenters. The summed E-state index contributed by atoms with van der Waals surface area (Å²) in [7, 11) is 1.38. The Morgan fingerprint density at radius 1 is 0.929 bits per heavy atom. The summed E-state index contributed by atoms with van der Waals surface area (Å²) in [6.45, 7) is 6.02. The first-order valence-corrected chi connectivity index (χ1v) is 14.8. The largest absolute Gasteiger partial charge is 0.490 e. The average Bonchev–Trinajstić information content (AvgIpc) is 2.99. The third-order valence-corrected chi connectivity index (χ3v) is 7.42. The summed E-state index contributed by atoms with van der Waals surface area (Å²) in [4.78, 5) is 27.0. The lowest BCUT2D eigenvalue weighted by Gasteiger charge is -2.29. The van der Waals surface area contributed by atoms with Crippen molar-refractivity contribution in [1.29, 1.82) is 0 Å². The number of esters is 1. The number of methoxy groups -OCH3 is 1. The second kappa shape index (κ2) is 14.4. The van der Waals surface area contributed by atoms with Crippen molar-refractivity contribution in [3.63, 3.8) is 0 Å². The van der Waals surface area contributed by atoms with E-state index in [9.17, 15) is 14.7 Å². The van der Waals surface area contributed by atoms with Gasteiger partial charge in [-0.15, -0.1) is 0 Å². The lowest BCUT2D eigenvalue weighted by Crippen LogP contribution is -2.40. The fourth-order valence-corrected chi connectivity index (χ4v) is 5.14. The number of rotatable bonds is 10. The smallest absolute Gasteiger partial charge is 0.410 e. The minimum absolute atomic E-state index is 0.105. The molecule has 0 radical (unpaired) electrons. The molecule has 1 aliphatic rings. The van der Waals surface area contributed by atoms with Gasteiger partial charge in [-0.1, -0.05) is 67.1 Å². The highest BCUT2D eigenvalue weighted by Crippen LogP contribution is 2.31. The Morgan fingerprint density at radius 2 is 1.60 bits per heavy atom. The number of benzene rings is 3. The van der Waals surface area contributed by atoms with Gasteiger partial charge in [0.2, 0.25) is 0 Å². The predicted molar refractivity (Wildman–Crippen MR) is 164 cm³/mol. The van der Waals surface area contributed by atoms with Crippen molar-refractivity contribution in [2.24, 2.45) is 0 Å². The van der Waals surface area contributed by atoms with Gasteiger partial charge in [0, 0.05) is 6.54 Å². The monoisotopic (exact) mass is 573 g/mol. The van der Waals surface area contributed by atoms with E-state index >= 15 is 0 Å². The molecule has 0 heterocycles. The standard InChI is InChI=1S/C35H43NO6/c1-35(2,3)42-34(39)36(24-31(37)27-11-7-5-8-12-27)22-21-25-15-17-26(18-16-25)28-19-20-30(33(38)40-4)32(23-28)41-29-13-9-6-10-14-29/h5,7-8,11-12,15-20,23,29,31,37H,6,9-10,13-14,21-22,24H2,1-4H3/t31-/m0/s1. The van der Waals surface area contributed by atoms with Crippen molar-refractivity contribution < 1.29 is 28.9 Å². The zero-order valence-electron chi connectivity index (χ0n) is 25.2. The summed E-state index contributed by atoms with van der Waals surface area (Å²) < 4.78 is 16.9. The van der Waals surface area contributed by atoms with E-state index in [1.807, 2.05) is 87.5 Å². The molecule has 4 rings (SSSR count). The molecule has 0 spiro atoms. The predicted octanol–water partition coefficient (Wildman–Crippen LogP) is 7.36. The fourth-order valence-electron chi connectivity index (χ4n) is 5.14. The lowest BCUT2D eigenvalue weighted by molar-refractivity contribution is 0.0147. The molecule has 1 aliphatic carbocycles. The van der Waals surface area contributed by atoms with Gasteiger partial charge in [0.15, 0.2) is 0 Å². The van der Waals surface area contributed by atoms with Crippen LogP contribution in [0.1, 0.15) is 80.5 Å². The molecular weight excluding hydrogens is 530 g/mol. The van der Waals surface area contributed by atoms with Crippen molar-refractivity contribution in [2.45, 2.75) is 77.1 Å². The third kappa shape index (κ3) is 8.83.